The van der Waals surface area contributed by atoms with Gasteiger partial charge >= 0.3 is 5.69 Å². The first-order valence-corrected chi connectivity index (χ1v) is 4.71. The zero-order valence-electron chi connectivity index (χ0n) is 8.78. The van der Waals surface area contributed by atoms with Gasteiger partial charge in [0.15, 0.2) is 0 Å². The van der Waals surface area contributed by atoms with Crippen molar-refractivity contribution in [2.75, 3.05) is 5.73 Å². The molecular formula is C11H11N3O2. The summed E-state index contributed by atoms with van der Waals surface area (Å²) in [5, 5.41) is 0. The number of anilines is 1. The number of aromatic amines is 1. The first kappa shape index (κ1) is 10.2. The molecule has 0 aliphatic heterocycles. The first-order valence-electron chi connectivity index (χ1n) is 4.71. The van der Waals surface area contributed by atoms with Crippen LogP contribution in [0.3, 0.4) is 0 Å². The molecule has 16 heavy (non-hydrogen) atoms. The van der Waals surface area contributed by atoms with Gasteiger partial charge in [0.25, 0.3) is 5.91 Å². The monoisotopic (exact) mass is 217 g/mol. The van der Waals surface area contributed by atoms with Gasteiger partial charge in [0, 0.05) is 11.3 Å². The van der Waals surface area contributed by atoms with Gasteiger partial charge in [-0.05, 0) is 25.1 Å². The van der Waals surface area contributed by atoms with Gasteiger partial charge in [0.05, 0.1) is 11.0 Å². The number of rotatable bonds is 1. The molecule has 2 rings (SSSR count). The van der Waals surface area contributed by atoms with Crippen molar-refractivity contribution in [2.24, 2.45) is 0 Å². The molecule has 0 atom stereocenters. The number of imidazole rings is 1. The molecule has 0 amide bonds. The van der Waals surface area contributed by atoms with Crippen LogP contribution >= 0.6 is 0 Å². The lowest BCUT2D eigenvalue weighted by molar-refractivity contribution is 0.0956. The van der Waals surface area contributed by atoms with Gasteiger partial charge in [-0.2, -0.15) is 0 Å². The van der Waals surface area contributed by atoms with Crippen LogP contribution in [0.5, 0.6) is 0 Å². The third-order valence-electron chi connectivity index (χ3n) is 2.27. The van der Waals surface area contributed by atoms with E-state index in [4.69, 9.17) is 5.73 Å². The van der Waals surface area contributed by atoms with Crippen LogP contribution in [-0.4, -0.2) is 15.5 Å². The molecule has 0 spiro atoms. The van der Waals surface area contributed by atoms with E-state index in [0.717, 1.165) is 4.57 Å². The number of carbonyl (C=O) groups excluding carboxylic acids is 1. The first-order chi connectivity index (χ1) is 7.50. The lowest BCUT2D eigenvalue weighted by Gasteiger charge is -2.00. The van der Waals surface area contributed by atoms with E-state index in [-0.39, 0.29) is 0 Å². The maximum atomic E-state index is 11.7. The molecule has 1 heterocycles. The van der Waals surface area contributed by atoms with Crippen LogP contribution in [0, 0.1) is 0 Å². The van der Waals surface area contributed by atoms with Gasteiger partial charge in [-0.1, -0.05) is 6.58 Å². The van der Waals surface area contributed by atoms with E-state index in [1.165, 1.54) is 0 Å². The fraction of sp³-hybridized carbons (Fsp3) is 0.0909. The Balaban J connectivity index is 2.80. The summed E-state index contributed by atoms with van der Waals surface area (Å²) in [6, 6.07) is 4.88. The molecule has 2 aromatic rings. The number of nitrogens with two attached hydrogens (primary N) is 1. The van der Waals surface area contributed by atoms with Crippen molar-refractivity contribution in [3.05, 3.63) is 40.8 Å². The summed E-state index contributed by atoms with van der Waals surface area (Å²) in [6.07, 6.45) is 0. The predicted molar refractivity (Wildman–Crippen MR) is 62.4 cm³/mol. The van der Waals surface area contributed by atoms with Crippen LogP contribution in [0.2, 0.25) is 0 Å². The van der Waals surface area contributed by atoms with Crippen LogP contribution in [0.4, 0.5) is 5.69 Å². The average Bonchev–Trinajstić information content (AvgIpc) is 2.51. The van der Waals surface area contributed by atoms with Crippen LogP contribution in [0.15, 0.2) is 35.1 Å². The Hall–Kier alpha value is -2.30. The van der Waals surface area contributed by atoms with Gasteiger partial charge in [-0.3, -0.25) is 4.79 Å². The van der Waals surface area contributed by atoms with E-state index >= 15 is 0 Å². The minimum Gasteiger partial charge on any atom is -0.399 e. The molecule has 0 saturated heterocycles. The molecule has 0 bridgehead atoms. The Kier molecular flexibility index (Phi) is 2.16. The lowest BCUT2D eigenvalue weighted by Crippen LogP contribution is -2.24. The van der Waals surface area contributed by atoms with Crippen molar-refractivity contribution in [3.8, 4) is 0 Å². The Morgan fingerprint density at radius 1 is 1.50 bits per heavy atom. The Morgan fingerprint density at radius 2 is 2.19 bits per heavy atom. The summed E-state index contributed by atoms with van der Waals surface area (Å²) in [5.74, 6) is -0.416. The van der Waals surface area contributed by atoms with E-state index in [1.54, 1.807) is 25.1 Å². The minimum atomic E-state index is -0.478. The molecule has 82 valence electrons. The van der Waals surface area contributed by atoms with Crippen molar-refractivity contribution in [3.63, 3.8) is 0 Å². The average molecular weight is 217 g/mol. The Labute approximate surface area is 91.2 Å². The number of benzene rings is 1. The number of hydrogen-bond acceptors (Lipinski definition) is 3. The number of fused-ring (bicyclic) bond motifs is 1. The number of nitrogens with zero attached hydrogens (tertiary/aromatic N) is 1. The summed E-state index contributed by atoms with van der Waals surface area (Å²) in [7, 11) is 0. The molecule has 0 aliphatic rings. The lowest BCUT2D eigenvalue weighted by atomic mass is 10.2. The molecule has 0 unspecified atom stereocenters. The van der Waals surface area contributed by atoms with Crippen LogP contribution in [0.25, 0.3) is 11.0 Å². The maximum Gasteiger partial charge on any atom is 0.333 e. The smallest absolute Gasteiger partial charge is 0.333 e. The fourth-order valence-corrected chi connectivity index (χ4v) is 1.52. The van der Waals surface area contributed by atoms with Crippen molar-refractivity contribution < 1.29 is 4.79 Å². The van der Waals surface area contributed by atoms with Gasteiger partial charge < -0.3 is 10.7 Å². The number of carbonyl (C=O) groups is 1. The summed E-state index contributed by atoms with van der Waals surface area (Å²) >= 11 is 0. The van der Waals surface area contributed by atoms with Crippen molar-refractivity contribution in [1.82, 2.24) is 9.55 Å². The van der Waals surface area contributed by atoms with Crippen molar-refractivity contribution in [1.29, 1.82) is 0 Å². The normalized spacial score (nSPS) is 10.6. The maximum absolute atomic E-state index is 11.7. The minimum absolute atomic E-state index is 0.305. The molecule has 0 radical (unpaired) electrons. The zero-order chi connectivity index (χ0) is 11.9. The summed E-state index contributed by atoms with van der Waals surface area (Å²) in [6.45, 7) is 5.09. The summed E-state index contributed by atoms with van der Waals surface area (Å²) < 4.78 is 1.05. The second-order valence-corrected chi connectivity index (χ2v) is 3.63. The number of aromatic nitrogens is 2. The van der Waals surface area contributed by atoms with E-state index in [2.05, 4.69) is 11.6 Å². The zero-order valence-corrected chi connectivity index (χ0v) is 8.78. The highest BCUT2D eigenvalue weighted by molar-refractivity contribution is 6.00. The van der Waals surface area contributed by atoms with Gasteiger partial charge in [0.2, 0.25) is 0 Å². The largest absolute Gasteiger partial charge is 0.399 e. The van der Waals surface area contributed by atoms with Gasteiger partial charge in [-0.15, -0.1) is 0 Å². The van der Waals surface area contributed by atoms with Crippen LogP contribution in [-0.2, 0) is 0 Å². The molecule has 0 saturated carbocycles. The highest BCUT2D eigenvalue weighted by Crippen LogP contribution is 2.14. The van der Waals surface area contributed by atoms with Crippen LogP contribution in [0.1, 0.15) is 11.7 Å². The molecule has 5 heteroatoms. The molecule has 0 aliphatic carbocycles. The van der Waals surface area contributed by atoms with E-state index < -0.39 is 11.6 Å². The highest BCUT2D eigenvalue weighted by Gasteiger charge is 2.13. The Morgan fingerprint density at radius 3 is 2.81 bits per heavy atom. The Bertz CT molecular complexity index is 649. The van der Waals surface area contributed by atoms with E-state index in [0.29, 0.717) is 22.3 Å². The topological polar surface area (TPSA) is 80.9 Å². The number of H-pyrrole nitrogens is 1. The fourth-order valence-electron chi connectivity index (χ4n) is 1.52. The second kappa shape index (κ2) is 3.37. The van der Waals surface area contributed by atoms with Crippen LogP contribution < -0.4 is 11.4 Å². The second-order valence-electron chi connectivity index (χ2n) is 3.63. The number of hydrogen-bond donors (Lipinski definition) is 2. The van der Waals surface area contributed by atoms with Crippen molar-refractivity contribution in [2.45, 2.75) is 6.92 Å². The standard InChI is InChI=1S/C11H11N3O2/c1-6(2)10(15)14-9-4-3-7(12)5-8(9)13-11(14)16/h3-5H,1,12H2,2H3,(H,13,16). The summed E-state index contributed by atoms with van der Waals surface area (Å²) in [5.41, 5.74) is 6.99. The highest BCUT2D eigenvalue weighted by atomic mass is 16.2. The molecule has 1 aromatic carbocycles. The third kappa shape index (κ3) is 1.42. The molecule has 5 nitrogen and oxygen atoms in total. The van der Waals surface area contributed by atoms with Gasteiger partial charge in [0.1, 0.15) is 0 Å². The predicted octanol–water partition coefficient (Wildman–Crippen LogP) is 1.13. The van der Waals surface area contributed by atoms with E-state index in [1.807, 2.05) is 0 Å². The quantitative estimate of drug-likeness (QED) is 0.555. The third-order valence-corrected chi connectivity index (χ3v) is 2.27. The molecular weight excluding hydrogens is 206 g/mol. The van der Waals surface area contributed by atoms with Gasteiger partial charge in [-0.25, -0.2) is 9.36 Å². The summed E-state index contributed by atoms with van der Waals surface area (Å²) in [4.78, 5) is 25.9. The number of allylic oxidation sites excluding steroid dienone is 1. The SMILES string of the molecule is C=C(C)C(=O)n1c(=O)[nH]c2cc(N)ccc21. The van der Waals surface area contributed by atoms with E-state index in [9.17, 15) is 9.59 Å². The number of nitrogen functional groups attached to an aromatic ring is 1. The molecule has 3 N–H and O–H groups in total. The van der Waals surface area contributed by atoms with Crippen molar-refractivity contribution >= 4 is 22.6 Å². The molecule has 0 fully saturated rings. The number of nitrogens with one attached hydrogen (secondary N) is 1. The molecule has 1 aromatic heterocycles.